The van der Waals surface area contributed by atoms with Gasteiger partial charge in [0.1, 0.15) is 6.61 Å². The van der Waals surface area contributed by atoms with Gasteiger partial charge >= 0.3 is 14.2 Å². The summed E-state index contributed by atoms with van der Waals surface area (Å²) in [6.07, 6.45) is 2.95. The SMILES string of the molecule is CC1(C)OB(/C=C/OCc2ccccc2)OC1(C)C.CC1(C)OB([C@H]2C[C@@H]2OCc2ccccc2)OC1(C)C. The molecule has 5 rings (SSSR count). The van der Waals surface area contributed by atoms with Crippen LogP contribution in [0.25, 0.3) is 0 Å². The summed E-state index contributed by atoms with van der Waals surface area (Å²) in [4.78, 5) is 0. The van der Waals surface area contributed by atoms with Crippen LogP contribution in [-0.4, -0.2) is 42.7 Å². The lowest BCUT2D eigenvalue weighted by molar-refractivity contribution is 0.00578. The van der Waals surface area contributed by atoms with Gasteiger partial charge in [-0.15, -0.1) is 0 Å². The molecule has 39 heavy (non-hydrogen) atoms. The van der Waals surface area contributed by atoms with E-state index < -0.39 is 0 Å². The van der Waals surface area contributed by atoms with E-state index in [0.29, 0.717) is 19.0 Å². The van der Waals surface area contributed by atoms with Gasteiger partial charge in [0.2, 0.25) is 0 Å². The molecule has 2 atom stereocenters. The minimum Gasteiger partial charge on any atom is -0.497 e. The minimum atomic E-state index is -0.347. The number of benzene rings is 2. The second kappa shape index (κ2) is 11.8. The van der Waals surface area contributed by atoms with Crippen molar-refractivity contribution in [3.8, 4) is 0 Å². The van der Waals surface area contributed by atoms with Crippen molar-refractivity contribution in [2.24, 2.45) is 0 Å². The smallest absolute Gasteiger partial charge is 0.490 e. The molecule has 0 bridgehead atoms. The molecule has 3 aliphatic rings. The maximum Gasteiger partial charge on any atom is 0.490 e. The quantitative estimate of drug-likeness (QED) is 0.275. The highest BCUT2D eigenvalue weighted by Crippen LogP contribution is 2.50. The third kappa shape index (κ3) is 7.56. The van der Waals surface area contributed by atoms with Crippen LogP contribution in [0.4, 0.5) is 0 Å². The molecule has 1 aliphatic carbocycles. The summed E-state index contributed by atoms with van der Waals surface area (Å²) in [6, 6.07) is 20.3. The molecule has 0 aromatic heterocycles. The summed E-state index contributed by atoms with van der Waals surface area (Å²) in [6.45, 7) is 17.7. The van der Waals surface area contributed by atoms with Gasteiger partial charge in [-0.2, -0.15) is 0 Å². The lowest BCUT2D eigenvalue weighted by Crippen LogP contribution is -2.41. The normalized spacial score (nSPS) is 25.8. The molecule has 2 aromatic rings. The molecule has 2 aliphatic heterocycles. The van der Waals surface area contributed by atoms with Gasteiger partial charge in [-0.05, 0) is 78.9 Å². The fraction of sp³-hybridized carbons (Fsp3) is 0.548. The van der Waals surface area contributed by atoms with Crippen LogP contribution in [0.2, 0.25) is 5.82 Å². The zero-order valence-corrected chi connectivity index (χ0v) is 24.8. The van der Waals surface area contributed by atoms with E-state index in [9.17, 15) is 0 Å². The van der Waals surface area contributed by atoms with E-state index in [0.717, 1.165) is 12.0 Å². The van der Waals surface area contributed by atoms with Gasteiger partial charge in [0.05, 0.1) is 41.4 Å². The van der Waals surface area contributed by atoms with Crippen LogP contribution in [0, 0.1) is 0 Å². The van der Waals surface area contributed by atoms with Crippen LogP contribution >= 0.6 is 0 Å². The average molecular weight is 534 g/mol. The zero-order chi connectivity index (χ0) is 28.3. The van der Waals surface area contributed by atoms with E-state index in [4.69, 9.17) is 28.1 Å². The van der Waals surface area contributed by atoms with Crippen molar-refractivity contribution in [2.45, 2.75) is 109 Å². The first-order chi connectivity index (χ1) is 18.3. The van der Waals surface area contributed by atoms with Crippen LogP contribution in [0.3, 0.4) is 0 Å². The molecule has 210 valence electrons. The zero-order valence-electron chi connectivity index (χ0n) is 24.8. The van der Waals surface area contributed by atoms with Crippen LogP contribution < -0.4 is 0 Å². The molecule has 2 aromatic carbocycles. The first-order valence-electron chi connectivity index (χ1n) is 14.0. The number of hydrogen-bond acceptors (Lipinski definition) is 6. The largest absolute Gasteiger partial charge is 0.497 e. The van der Waals surface area contributed by atoms with Crippen molar-refractivity contribution >= 4 is 14.2 Å². The Hall–Kier alpha value is -2.09. The van der Waals surface area contributed by atoms with Crippen LogP contribution in [-0.2, 0) is 41.3 Å². The first-order valence-corrected chi connectivity index (χ1v) is 14.0. The topological polar surface area (TPSA) is 55.4 Å². The van der Waals surface area contributed by atoms with Gasteiger partial charge in [-0.1, -0.05) is 60.7 Å². The highest BCUT2D eigenvalue weighted by Gasteiger charge is 2.60. The van der Waals surface area contributed by atoms with Crippen LogP contribution in [0.15, 0.2) is 72.9 Å². The van der Waals surface area contributed by atoms with E-state index in [2.05, 4.69) is 39.8 Å². The molecule has 2 saturated heterocycles. The lowest BCUT2D eigenvalue weighted by Gasteiger charge is -2.32. The van der Waals surface area contributed by atoms with Crippen molar-refractivity contribution in [2.75, 3.05) is 0 Å². The molecule has 0 N–H and O–H groups in total. The van der Waals surface area contributed by atoms with Crippen LogP contribution in [0.1, 0.15) is 72.9 Å². The average Bonchev–Trinajstić information content (AvgIpc) is 3.56. The summed E-state index contributed by atoms with van der Waals surface area (Å²) in [5.74, 6) is 2.18. The Bertz CT molecular complexity index is 1050. The van der Waals surface area contributed by atoms with Gasteiger partial charge in [-0.3, -0.25) is 0 Å². The molecule has 2 heterocycles. The summed E-state index contributed by atoms with van der Waals surface area (Å²) < 4.78 is 35.2. The molecule has 0 radical (unpaired) electrons. The van der Waals surface area contributed by atoms with Crippen molar-refractivity contribution in [3.63, 3.8) is 0 Å². The Morgan fingerprint density at radius 2 is 1.15 bits per heavy atom. The predicted octanol–water partition coefficient (Wildman–Crippen LogP) is 6.79. The fourth-order valence-corrected chi connectivity index (χ4v) is 4.31. The first kappa shape index (κ1) is 29.9. The standard InChI is InChI=1S/C16H23BO3.C15H21BO3/c1-15(2)16(3,4)20-17(19-15)13-10-14(13)18-11-12-8-6-5-7-9-12;1-14(2)15(3,4)19-16(18-14)10-11-17-12-13-8-6-5-7-9-13/h5-9,13-14H,10-11H2,1-4H3;5-11H,12H2,1-4H3/b;11-10+/t13-,14-;/m0./s1. The molecule has 0 amide bonds. The van der Waals surface area contributed by atoms with Gasteiger partial charge in [0.15, 0.2) is 0 Å². The third-order valence-corrected chi connectivity index (χ3v) is 8.40. The molecule has 6 nitrogen and oxygen atoms in total. The Balaban J connectivity index is 0.000000181. The Labute approximate surface area is 235 Å². The predicted molar refractivity (Wildman–Crippen MR) is 156 cm³/mol. The number of rotatable bonds is 8. The van der Waals surface area contributed by atoms with Gasteiger partial charge < -0.3 is 28.1 Å². The van der Waals surface area contributed by atoms with Crippen molar-refractivity contribution in [1.29, 1.82) is 0 Å². The highest BCUT2D eigenvalue weighted by molar-refractivity contribution is 6.51. The molecule has 0 spiro atoms. The van der Waals surface area contributed by atoms with Gasteiger partial charge in [0.25, 0.3) is 0 Å². The van der Waals surface area contributed by atoms with Gasteiger partial charge in [0, 0.05) is 5.82 Å². The van der Waals surface area contributed by atoms with E-state index in [1.165, 1.54) is 5.56 Å². The van der Waals surface area contributed by atoms with Gasteiger partial charge in [-0.25, -0.2) is 0 Å². The second-order valence-corrected chi connectivity index (χ2v) is 12.6. The summed E-state index contributed by atoms with van der Waals surface area (Å²) >= 11 is 0. The molecular weight excluding hydrogens is 490 g/mol. The lowest BCUT2D eigenvalue weighted by atomic mass is 9.82. The number of ether oxygens (including phenoxy) is 2. The second-order valence-electron chi connectivity index (χ2n) is 12.6. The maximum absolute atomic E-state index is 6.07. The van der Waals surface area contributed by atoms with E-state index in [-0.39, 0.29) is 42.7 Å². The highest BCUT2D eigenvalue weighted by atomic mass is 16.7. The van der Waals surface area contributed by atoms with Crippen LogP contribution in [0.5, 0.6) is 0 Å². The molecular formula is C31H44B2O6. The summed E-state index contributed by atoms with van der Waals surface area (Å²) in [5.41, 5.74) is 1.25. The molecule has 1 saturated carbocycles. The maximum atomic E-state index is 6.07. The van der Waals surface area contributed by atoms with Crippen molar-refractivity contribution in [1.82, 2.24) is 0 Å². The monoisotopic (exact) mass is 534 g/mol. The van der Waals surface area contributed by atoms with E-state index >= 15 is 0 Å². The number of hydrogen-bond donors (Lipinski definition) is 0. The fourth-order valence-electron chi connectivity index (χ4n) is 4.31. The molecule has 0 unspecified atom stereocenters. The molecule has 8 heteroatoms. The Kier molecular flexibility index (Phi) is 9.04. The van der Waals surface area contributed by atoms with E-state index in [1.54, 1.807) is 12.2 Å². The molecule has 3 fully saturated rings. The third-order valence-electron chi connectivity index (χ3n) is 8.40. The Morgan fingerprint density at radius 1 is 0.692 bits per heavy atom. The summed E-state index contributed by atoms with van der Waals surface area (Å²) in [7, 11) is -0.471. The van der Waals surface area contributed by atoms with Crippen molar-refractivity contribution < 1.29 is 28.1 Å². The Morgan fingerprint density at radius 3 is 1.67 bits per heavy atom. The minimum absolute atomic E-state index is 0.124. The van der Waals surface area contributed by atoms with Crippen molar-refractivity contribution in [3.05, 3.63) is 84.0 Å². The van der Waals surface area contributed by atoms with E-state index in [1.807, 2.05) is 76.2 Å². The summed E-state index contributed by atoms with van der Waals surface area (Å²) in [5, 5.41) is 0.